The number of hydrogen-bond acceptors (Lipinski definition) is 1. The molecule has 0 spiro atoms. The van der Waals surface area contributed by atoms with Crippen LogP contribution in [0.2, 0.25) is 0 Å². The SMILES string of the molecule is CCCc1sc2ccccc2[s+]1. The molecule has 0 unspecified atom stereocenters. The first-order chi connectivity index (χ1) is 5.90. The van der Waals surface area contributed by atoms with Gasteiger partial charge in [-0.2, -0.15) is 0 Å². The maximum atomic E-state index is 2.23. The molecule has 2 rings (SSSR count). The molecule has 0 fully saturated rings. The van der Waals surface area contributed by atoms with Crippen molar-refractivity contribution >= 4 is 32.1 Å². The van der Waals surface area contributed by atoms with Gasteiger partial charge in [-0.1, -0.05) is 19.1 Å². The molecule has 2 aromatic rings. The normalized spacial score (nSPS) is 10.8. The molecule has 0 amide bonds. The van der Waals surface area contributed by atoms with Crippen molar-refractivity contribution in [1.29, 1.82) is 0 Å². The van der Waals surface area contributed by atoms with Crippen molar-refractivity contribution in [2.75, 3.05) is 0 Å². The van der Waals surface area contributed by atoms with Crippen molar-refractivity contribution in [2.24, 2.45) is 0 Å². The fraction of sp³-hybridized carbons (Fsp3) is 0.300. The molecule has 62 valence electrons. The van der Waals surface area contributed by atoms with Gasteiger partial charge in [0.15, 0.2) is 9.40 Å². The number of hydrogen-bond donors (Lipinski definition) is 0. The van der Waals surface area contributed by atoms with Crippen molar-refractivity contribution in [3.63, 3.8) is 0 Å². The van der Waals surface area contributed by atoms with Gasteiger partial charge in [0, 0.05) is 6.42 Å². The Morgan fingerprint density at radius 2 is 2.17 bits per heavy atom. The van der Waals surface area contributed by atoms with E-state index in [4.69, 9.17) is 0 Å². The van der Waals surface area contributed by atoms with Gasteiger partial charge in [0.25, 0.3) is 4.19 Å². The average molecular weight is 195 g/mol. The number of fused-ring (bicyclic) bond motifs is 1. The Morgan fingerprint density at radius 3 is 2.92 bits per heavy atom. The summed E-state index contributed by atoms with van der Waals surface area (Å²) in [6.07, 6.45) is 2.49. The van der Waals surface area contributed by atoms with Crippen LogP contribution in [-0.4, -0.2) is 0 Å². The van der Waals surface area contributed by atoms with E-state index in [1.54, 1.807) is 4.19 Å². The molecule has 0 saturated heterocycles. The highest BCUT2D eigenvalue weighted by molar-refractivity contribution is 7.38. The van der Waals surface area contributed by atoms with Crippen molar-refractivity contribution in [2.45, 2.75) is 19.8 Å². The van der Waals surface area contributed by atoms with E-state index in [1.165, 1.54) is 22.2 Å². The molecule has 0 aliphatic rings. The van der Waals surface area contributed by atoms with Gasteiger partial charge in [0.1, 0.15) is 0 Å². The molecule has 0 aliphatic carbocycles. The Balaban J connectivity index is 2.47. The van der Waals surface area contributed by atoms with Crippen LogP contribution < -0.4 is 0 Å². The summed E-state index contributed by atoms with van der Waals surface area (Å²) >= 11 is 3.88. The van der Waals surface area contributed by atoms with Crippen molar-refractivity contribution in [3.05, 3.63) is 28.5 Å². The number of aryl methyl sites for hydroxylation is 1. The fourth-order valence-corrected chi connectivity index (χ4v) is 3.88. The maximum absolute atomic E-state index is 2.23. The standard InChI is InChI=1S/C10H11S2/c1-2-5-10-11-8-6-3-4-7-9(8)12-10/h3-4,6-7H,2,5H2,1H3/q+1. The molecule has 2 heteroatoms. The molecular weight excluding hydrogens is 184 g/mol. The third kappa shape index (κ3) is 1.50. The summed E-state index contributed by atoms with van der Waals surface area (Å²) in [4.78, 5) is 0. The summed E-state index contributed by atoms with van der Waals surface area (Å²) in [5.74, 6) is 0. The molecule has 0 saturated carbocycles. The fourth-order valence-electron chi connectivity index (χ4n) is 1.19. The summed E-state index contributed by atoms with van der Waals surface area (Å²) in [6, 6.07) is 8.63. The van der Waals surface area contributed by atoms with E-state index >= 15 is 0 Å². The smallest absolute Gasteiger partial charge is 0.0649 e. The molecule has 1 heterocycles. The monoisotopic (exact) mass is 195 g/mol. The lowest BCUT2D eigenvalue weighted by molar-refractivity contribution is 0.953. The molecule has 12 heavy (non-hydrogen) atoms. The minimum atomic E-state index is 1.24. The van der Waals surface area contributed by atoms with Gasteiger partial charge in [-0.25, -0.2) is 0 Å². The van der Waals surface area contributed by atoms with Crippen molar-refractivity contribution in [1.82, 2.24) is 0 Å². The summed E-state index contributed by atoms with van der Waals surface area (Å²) in [7, 11) is 0. The molecule has 1 aromatic carbocycles. The van der Waals surface area contributed by atoms with Gasteiger partial charge in [0.05, 0.1) is 22.7 Å². The molecule has 1 aromatic heterocycles. The summed E-state index contributed by atoms with van der Waals surface area (Å²) < 4.78 is 4.43. The minimum absolute atomic E-state index is 1.24. The van der Waals surface area contributed by atoms with Gasteiger partial charge in [0.2, 0.25) is 0 Å². The van der Waals surface area contributed by atoms with Crippen LogP contribution in [0.4, 0.5) is 0 Å². The Morgan fingerprint density at radius 1 is 1.33 bits per heavy atom. The van der Waals surface area contributed by atoms with Gasteiger partial charge >= 0.3 is 0 Å². The predicted molar refractivity (Wildman–Crippen MR) is 58.1 cm³/mol. The van der Waals surface area contributed by atoms with Gasteiger partial charge in [-0.3, -0.25) is 0 Å². The van der Waals surface area contributed by atoms with Crippen LogP contribution in [-0.2, 0) is 6.42 Å². The van der Waals surface area contributed by atoms with Crippen LogP contribution in [0.5, 0.6) is 0 Å². The van der Waals surface area contributed by atoms with E-state index in [0.717, 1.165) is 0 Å². The summed E-state index contributed by atoms with van der Waals surface area (Å²) in [5, 5.41) is 0. The lowest BCUT2D eigenvalue weighted by atomic mass is 10.4. The van der Waals surface area contributed by atoms with Crippen LogP contribution in [0.3, 0.4) is 0 Å². The van der Waals surface area contributed by atoms with Crippen LogP contribution >= 0.6 is 22.7 Å². The highest BCUT2D eigenvalue weighted by Gasteiger charge is 2.13. The first kappa shape index (κ1) is 8.14. The minimum Gasteiger partial charge on any atom is -0.0649 e. The van der Waals surface area contributed by atoms with E-state index in [1.807, 2.05) is 22.7 Å². The first-order valence-corrected chi connectivity index (χ1v) is 5.84. The lowest BCUT2D eigenvalue weighted by Gasteiger charge is -1.75. The van der Waals surface area contributed by atoms with Crippen molar-refractivity contribution < 1.29 is 0 Å². The summed E-state index contributed by atoms with van der Waals surface area (Å²) in [5.41, 5.74) is 0. The average Bonchev–Trinajstić information content (AvgIpc) is 2.47. The van der Waals surface area contributed by atoms with E-state index in [0.29, 0.717) is 0 Å². The number of rotatable bonds is 2. The van der Waals surface area contributed by atoms with Gasteiger partial charge in [-0.05, 0) is 18.6 Å². The zero-order valence-corrected chi connectivity index (χ0v) is 8.67. The second kappa shape index (κ2) is 3.50. The Labute approximate surface area is 80.5 Å². The second-order valence-electron chi connectivity index (χ2n) is 2.77. The van der Waals surface area contributed by atoms with Gasteiger partial charge < -0.3 is 0 Å². The Kier molecular flexibility index (Phi) is 2.38. The predicted octanol–water partition coefficient (Wildman–Crippen LogP) is 4.20. The van der Waals surface area contributed by atoms with Crippen LogP contribution in [0.25, 0.3) is 9.40 Å². The quantitative estimate of drug-likeness (QED) is 0.630. The highest BCUT2D eigenvalue weighted by Crippen LogP contribution is 2.31. The highest BCUT2D eigenvalue weighted by atomic mass is 32.2. The molecule has 0 radical (unpaired) electrons. The zero-order chi connectivity index (χ0) is 8.39. The molecule has 0 atom stereocenters. The Hall–Kier alpha value is -0.470. The van der Waals surface area contributed by atoms with E-state index in [2.05, 4.69) is 31.2 Å². The molecular formula is C10H11S2+. The van der Waals surface area contributed by atoms with Crippen LogP contribution in [0, 0.1) is 0 Å². The zero-order valence-electron chi connectivity index (χ0n) is 7.04. The third-order valence-electron chi connectivity index (χ3n) is 1.75. The van der Waals surface area contributed by atoms with Crippen LogP contribution in [0.1, 0.15) is 17.5 Å². The lowest BCUT2D eigenvalue weighted by Crippen LogP contribution is -1.69. The molecule has 0 N–H and O–H groups in total. The van der Waals surface area contributed by atoms with E-state index in [-0.39, 0.29) is 0 Å². The molecule has 0 bridgehead atoms. The third-order valence-corrected chi connectivity index (χ3v) is 4.40. The number of benzene rings is 1. The first-order valence-electron chi connectivity index (χ1n) is 4.20. The molecule has 0 aliphatic heterocycles. The largest absolute Gasteiger partial charge is 0.255 e. The second-order valence-corrected chi connectivity index (χ2v) is 5.30. The van der Waals surface area contributed by atoms with E-state index in [9.17, 15) is 0 Å². The summed E-state index contributed by atoms with van der Waals surface area (Å²) in [6.45, 7) is 2.23. The van der Waals surface area contributed by atoms with E-state index < -0.39 is 0 Å². The topological polar surface area (TPSA) is 0 Å². The maximum Gasteiger partial charge on any atom is 0.255 e. The van der Waals surface area contributed by atoms with Crippen molar-refractivity contribution in [3.8, 4) is 0 Å². The van der Waals surface area contributed by atoms with Crippen LogP contribution in [0.15, 0.2) is 24.3 Å². The Bertz CT molecular complexity index is 343. The molecule has 0 nitrogen and oxygen atoms in total. The van der Waals surface area contributed by atoms with Gasteiger partial charge in [-0.15, -0.1) is 0 Å².